The summed E-state index contributed by atoms with van der Waals surface area (Å²) in [5.41, 5.74) is 3.00. The second kappa shape index (κ2) is 10.5. The lowest BCUT2D eigenvalue weighted by Crippen LogP contribution is -2.43. The first-order chi connectivity index (χ1) is 17.5. The number of carbonyl (C=O) groups excluding carboxylic acids is 2. The van der Waals surface area contributed by atoms with Crippen LogP contribution in [0.4, 0.5) is 4.39 Å². The molecule has 2 aliphatic rings. The molecular weight excluding hydrogens is 463 g/mol. The van der Waals surface area contributed by atoms with Crippen LogP contribution in [0.25, 0.3) is 0 Å². The van der Waals surface area contributed by atoms with E-state index in [0.717, 1.165) is 22.6 Å². The number of hydrogen-bond donors (Lipinski definition) is 1. The van der Waals surface area contributed by atoms with Gasteiger partial charge < -0.3 is 24.3 Å². The molecule has 5 rings (SSSR count). The van der Waals surface area contributed by atoms with Crippen LogP contribution in [0.2, 0.25) is 0 Å². The Morgan fingerprint density at radius 1 is 1.17 bits per heavy atom. The van der Waals surface area contributed by atoms with E-state index in [2.05, 4.69) is 10.3 Å². The van der Waals surface area contributed by atoms with Crippen molar-refractivity contribution in [2.24, 2.45) is 5.92 Å². The number of amides is 2. The van der Waals surface area contributed by atoms with Crippen molar-refractivity contribution in [3.05, 3.63) is 83.2 Å². The van der Waals surface area contributed by atoms with E-state index in [1.165, 1.54) is 12.1 Å². The summed E-state index contributed by atoms with van der Waals surface area (Å²) in [4.78, 5) is 32.1. The van der Waals surface area contributed by atoms with Crippen molar-refractivity contribution in [2.75, 3.05) is 20.2 Å². The summed E-state index contributed by atoms with van der Waals surface area (Å²) >= 11 is 0. The van der Waals surface area contributed by atoms with Crippen molar-refractivity contribution >= 4 is 11.8 Å². The summed E-state index contributed by atoms with van der Waals surface area (Å²) in [6.45, 7) is 2.21. The number of nitrogens with zero attached hydrogens (tertiary/aromatic N) is 3. The van der Waals surface area contributed by atoms with Crippen LogP contribution >= 0.6 is 0 Å². The maximum atomic E-state index is 13.2. The second-order valence-corrected chi connectivity index (χ2v) is 9.18. The Morgan fingerprint density at radius 2 is 1.94 bits per heavy atom. The zero-order chi connectivity index (χ0) is 25.1. The highest BCUT2D eigenvalue weighted by atomic mass is 19.1. The van der Waals surface area contributed by atoms with Crippen LogP contribution in [0.3, 0.4) is 0 Å². The lowest BCUT2D eigenvalue weighted by atomic mass is 9.95. The third kappa shape index (κ3) is 5.11. The molecule has 1 atom stereocenters. The van der Waals surface area contributed by atoms with Gasteiger partial charge in [-0.25, -0.2) is 9.37 Å². The molecule has 36 heavy (non-hydrogen) atoms. The average molecular weight is 493 g/mol. The van der Waals surface area contributed by atoms with Crippen LogP contribution in [0.5, 0.6) is 5.75 Å². The number of hydrogen-bond acceptors (Lipinski definition) is 5. The summed E-state index contributed by atoms with van der Waals surface area (Å²) in [6.07, 6.45) is 2.66. The minimum absolute atomic E-state index is 0.00419. The minimum atomic E-state index is -0.288. The van der Waals surface area contributed by atoms with Crippen molar-refractivity contribution < 1.29 is 23.5 Å². The molecule has 2 aromatic carbocycles. The molecule has 1 saturated heterocycles. The van der Waals surface area contributed by atoms with Gasteiger partial charge >= 0.3 is 0 Å². The number of imidazole rings is 1. The molecule has 9 heteroatoms. The lowest BCUT2D eigenvalue weighted by Gasteiger charge is -2.31. The van der Waals surface area contributed by atoms with E-state index < -0.39 is 0 Å². The Balaban J connectivity index is 1.14. The van der Waals surface area contributed by atoms with Crippen LogP contribution < -0.4 is 10.1 Å². The fraction of sp³-hybridized carbons (Fsp3) is 0.370. The largest absolute Gasteiger partial charge is 0.497 e. The number of piperidine rings is 1. The second-order valence-electron chi connectivity index (χ2n) is 9.18. The Morgan fingerprint density at radius 3 is 2.69 bits per heavy atom. The number of ether oxygens (including phenoxy) is 2. The molecule has 0 radical (unpaired) electrons. The maximum Gasteiger partial charge on any atom is 0.274 e. The van der Waals surface area contributed by atoms with E-state index in [1.807, 2.05) is 28.8 Å². The van der Waals surface area contributed by atoms with E-state index in [-0.39, 0.29) is 36.3 Å². The Hall–Kier alpha value is -3.72. The van der Waals surface area contributed by atoms with Gasteiger partial charge in [0.2, 0.25) is 5.91 Å². The highest BCUT2D eigenvalue weighted by molar-refractivity contribution is 5.93. The molecule has 0 aliphatic carbocycles. The smallest absolute Gasteiger partial charge is 0.274 e. The molecule has 3 heterocycles. The number of fused-ring (bicyclic) bond motifs is 1. The normalized spacial score (nSPS) is 17.9. The molecule has 0 saturated carbocycles. The van der Waals surface area contributed by atoms with Gasteiger partial charge in [-0.1, -0.05) is 24.3 Å². The molecule has 3 aromatic rings. The number of likely N-dealkylation sites (tertiary alicyclic amines) is 1. The first-order valence-electron chi connectivity index (χ1n) is 12.1. The van der Waals surface area contributed by atoms with Gasteiger partial charge in [0.05, 0.1) is 32.3 Å². The van der Waals surface area contributed by atoms with Crippen molar-refractivity contribution in [3.63, 3.8) is 0 Å². The molecule has 1 aromatic heterocycles. The highest BCUT2D eigenvalue weighted by Gasteiger charge is 2.32. The third-order valence-electron chi connectivity index (χ3n) is 6.93. The van der Waals surface area contributed by atoms with Crippen molar-refractivity contribution in [1.82, 2.24) is 19.8 Å². The van der Waals surface area contributed by atoms with Crippen molar-refractivity contribution in [1.29, 1.82) is 0 Å². The first-order valence-corrected chi connectivity index (χ1v) is 12.1. The fourth-order valence-corrected chi connectivity index (χ4v) is 4.80. The predicted molar refractivity (Wildman–Crippen MR) is 130 cm³/mol. The predicted octanol–water partition coefficient (Wildman–Crippen LogP) is 3.47. The number of carbonyl (C=O) groups is 2. The van der Waals surface area contributed by atoms with Gasteiger partial charge in [-0.2, -0.15) is 0 Å². The van der Waals surface area contributed by atoms with Gasteiger partial charge in [-0.05, 0) is 48.2 Å². The molecule has 1 N–H and O–H groups in total. The molecule has 188 valence electrons. The van der Waals surface area contributed by atoms with Crippen molar-refractivity contribution in [2.45, 2.75) is 38.6 Å². The standard InChI is InChI=1S/C27H29FN4O4/c1-35-22-4-2-3-18(13-22)14-29-26(33)20-9-11-31(12-10-20)27(34)25-23-16-36-24(15-32(23)17-30-25)19-5-7-21(28)8-6-19/h2-8,13,17,20,24H,9-12,14-16H2,1H3,(H,29,33). The Kier molecular flexibility index (Phi) is 6.99. The molecule has 1 unspecified atom stereocenters. The van der Waals surface area contributed by atoms with Gasteiger partial charge in [-0.3, -0.25) is 9.59 Å². The van der Waals surface area contributed by atoms with Crippen LogP contribution in [0.15, 0.2) is 54.9 Å². The van der Waals surface area contributed by atoms with E-state index in [0.29, 0.717) is 44.7 Å². The molecule has 8 nitrogen and oxygen atoms in total. The maximum absolute atomic E-state index is 13.2. The fourth-order valence-electron chi connectivity index (χ4n) is 4.80. The van der Waals surface area contributed by atoms with E-state index >= 15 is 0 Å². The van der Waals surface area contributed by atoms with Crippen LogP contribution in [0.1, 0.15) is 46.3 Å². The molecule has 0 bridgehead atoms. The average Bonchev–Trinajstić information content (AvgIpc) is 3.35. The van der Waals surface area contributed by atoms with E-state index in [9.17, 15) is 14.0 Å². The van der Waals surface area contributed by atoms with Gasteiger partial charge in [0.1, 0.15) is 17.7 Å². The number of rotatable bonds is 6. The van der Waals surface area contributed by atoms with E-state index in [4.69, 9.17) is 9.47 Å². The topological polar surface area (TPSA) is 85.7 Å². The van der Waals surface area contributed by atoms with E-state index in [1.54, 1.807) is 30.5 Å². The van der Waals surface area contributed by atoms with Crippen LogP contribution in [-0.4, -0.2) is 46.5 Å². The van der Waals surface area contributed by atoms with Gasteiger partial charge in [0, 0.05) is 25.6 Å². The van der Waals surface area contributed by atoms with Crippen molar-refractivity contribution in [3.8, 4) is 5.75 Å². The van der Waals surface area contributed by atoms with Gasteiger partial charge in [-0.15, -0.1) is 0 Å². The summed E-state index contributed by atoms with van der Waals surface area (Å²) in [6, 6.07) is 13.9. The lowest BCUT2D eigenvalue weighted by molar-refractivity contribution is -0.126. The number of aromatic nitrogens is 2. The first kappa shape index (κ1) is 24.0. The SMILES string of the molecule is COc1cccc(CNC(=O)C2CCN(C(=O)c3ncn4c3COC(c3ccc(F)cc3)C4)CC2)c1. The number of methoxy groups -OCH3 is 1. The molecule has 2 aliphatic heterocycles. The number of nitrogens with one attached hydrogen (secondary N) is 1. The Bertz CT molecular complexity index is 1230. The van der Waals surface area contributed by atoms with Gasteiger partial charge in [0.15, 0.2) is 5.69 Å². The number of benzene rings is 2. The quantitative estimate of drug-likeness (QED) is 0.570. The molecular formula is C27H29FN4O4. The summed E-state index contributed by atoms with van der Waals surface area (Å²) in [5.74, 6) is 0.206. The number of halogens is 1. The Labute approximate surface area is 209 Å². The summed E-state index contributed by atoms with van der Waals surface area (Å²) in [7, 11) is 1.62. The highest BCUT2D eigenvalue weighted by Crippen LogP contribution is 2.29. The summed E-state index contributed by atoms with van der Waals surface area (Å²) in [5, 5.41) is 3.00. The molecule has 1 fully saturated rings. The van der Waals surface area contributed by atoms with Crippen LogP contribution in [0, 0.1) is 11.7 Å². The van der Waals surface area contributed by atoms with Crippen LogP contribution in [-0.2, 0) is 29.2 Å². The third-order valence-corrected chi connectivity index (χ3v) is 6.93. The zero-order valence-electron chi connectivity index (χ0n) is 20.2. The monoisotopic (exact) mass is 492 g/mol. The zero-order valence-corrected chi connectivity index (χ0v) is 20.2. The molecule has 0 spiro atoms. The van der Waals surface area contributed by atoms with Gasteiger partial charge in [0.25, 0.3) is 5.91 Å². The summed E-state index contributed by atoms with van der Waals surface area (Å²) < 4.78 is 26.4. The molecule has 2 amide bonds. The minimum Gasteiger partial charge on any atom is -0.497 e.